The Morgan fingerprint density at radius 3 is 2.69 bits per heavy atom. The predicted octanol–water partition coefficient (Wildman–Crippen LogP) is 2.51. The average Bonchev–Trinajstić information content (AvgIpc) is 2.84. The summed E-state index contributed by atoms with van der Waals surface area (Å²) in [5, 5.41) is 2.60. The molecule has 148 valence electrons. The van der Waals surface area contributed by atoms with E-state index in [9.17, 15) is 13.2 Å². The van der Waals surface area contributed by atoms with E-state index >= 15 is 0 Å². The molecule has 29 heavy (non-hydrogen) atoms. The van der Waals surface area contributed by atoms with E-state index in [0.717, 1.165) is 5.56 Å². The van der Waals surface area contributed by atoms with Crippen molar-refractivity contribution >= 4 is 21.7 Å². The number of aromatic nitrogens is 2. The van der Waals surface area contributed by atoms with Gasteiger partial charge in [-0.25, -0.2) is 23.1 Å². The largest absolute Gasteiger partial charge is 0.475 e. The van der Waals surface area contributed by atoms with Crippen molar-refractivity contribution in [1.29, 1.82) is 0 Å². The molecule has 4 rings (SSSR count). The molecule has 0 saturated heterocycles. The van der Waals surface area contributed by atoms with Crippen LogP contribution in [0.15, 0.2) is 65.8 Å². The van der Waals surface area contributed by atoms with Gasteiger partial charge in [0.05, 0.1) is 6.04 Å². The molecule has 2 N–H and O–H groups in total. The van der Waals surface area contributed by atoms with Crippen LogP contribution in [0, 0.1) is 0 Å². The molecule has 0 bridgehead atoms. The molecular formula is C20H18N4O4S. The molecule has 1 unspecified atom stereocenters. The Balaban J connectivity index is 1.70. The summed E-state index contributed by atoms with van der Waals surface area (Å²) in [6.07, 6.45) is 3.06. The molecule has 3 aromatic rings. The highest BCUT2D eigenvalue weighted by Gasteiger charge is 2.30. The lowest BCUT2D eigenvalue weighted by molar-refractivity contribution is -0.114. The minimum atomic E-state index is -3.86. The number of hydrogen-bond acceptors (Lipinski definition) is 6. The number of nitrogens with one attached hydrogen (secondary N) is 2. The van der Waals surface area contributed by atoms with Crippen LogP contribution in [0.2, 0.25) is 0 Å². The molecule has 1 aliphatic rings. The Morgan fingerprint density at radius 2 is 1.93 bits per heavy atom. The molecule has 8 nitrogen and oxygen atoms in total. The maximum absolute atomic E-state index is 13.0. The second kappa shape index (κ2) is 7.61. The van der Waals surface area contributed by atoms with E-state index < -0.39 is 16.1 Å². The number of fused-ring (bicyclic) bond motifs is 1. The zero-order valence-electron chi connectivity index (χ0n) is 15.5. The van der Waals surface area contributed by atoms with Gasteiger partial charge in [-0.3, -0.25) is 4.79 Å². The molecule has 0 radical (unpaired) electrons. The van der Waals surface area contributed by atoms with E-state index in [-0.39, 0.29) is 23.3 Å². The summed E-state index contributed by atoms with van der Waals surface area (Å²) < 4.78 is 34.3. The van der Waals surface area contributed by atoms with Crippen LogP contribution in [0.3, 0.4) is 0 Å². The van der Waals surface area contributed by atoms with Crippen molar-refractivity contribution in [2.75, 3.05) is 11.9 Å². The smallest absolute Gasteiger partial charge is 0.246 e. The van der Waals surface area contributed by atoms with E-state index in [1.165, 1.54) is 25.4 Å². The fourth-order valence-corrected chi connectivity index (χ4v) is 4.38. The van der Waals surface area contributed by atoms with Gasteiger partial charge in [0.2, 0.25) is 21.8 Å². The molecular weight excluding hydrogens is 392 g/mol. The van der Waals surface area contributed by atoms with E-state index in [1.807, 2.05) is 30.3 Å². The molecule has 0 saturated carbocycles. The minimum Gasteiger partial charge on any atom is -0.475 e. The van der Waals surface area contributed by atoms with Gasteiger partial charge in [0.1, 0.15) is 17.3 Å². The number of amides is 1. The van der Waals surface area contributed by atoms with Crippen LogP contribution in [0.25, 0.3) is 11.1 Å². The monoisotopic (exact) mass is 410 g/mol. The van der Waals surface area contributed by atoms with Crippen LogP contribution in [-0.2, 0) is 14.8 Å². The number of rotatable bonds is 3. The number of ether oxygens (including phenoxy) is 1. The van der Waals surface area contributed by atoms with Gasteiger partial charge in [0, 0.05) is 24.9 Å². The quantitative estimate of drug-likeness (QED) is 0.687. The highest BCUT2D eigenvalue weighted by Crippen LogP contribution is 2.32. The third-order valence-corrected chi connectivity index (χ3v) is 5.86. The van der Waals surface area contributed by atoms with Gasteiger partial charge in [0.15, 0.2) is 0 Å². The van der Waals surface area contributed by atoms with Gasteiger partial charge in [-0.15, -0.1) is 0 Å². The molecule has 0 aliphatic carbocycles. The number of benzene rings is 1. The van der Waals surface area contributed by atoms with Crippen LogP contribution >= 0.6 is 0 Å². The predicted molar refractivity (Wildman–Crippen MR) is 107 cm³/mol. The summed E-state index contributed by atoms with van der Waals surface area (Å²) in [5.41, 5.74) is 2.03. The Labute approximate surface area is 168 Å². The first-order valence-electron chi connectivity index (χ1n) is 8.86. The molecule has 1 atom stereocenters. The summed E-state index contributed by atoms with van der Waals surface area (Å²) in [5.74, 6) is 0.170. The molecule has 0 fully saturated rings. The normalized spacial score (nSPS) is 17.5. The van der Waals surface area contributed by atoms with Gasteiger partial charge in [-0.2, -0.15) is 0 Å². The van der Waals surface area contributed by atoms with Gasteiger partial charge >= 0.3 is 0 Å². The number of nitrogens with zero attached hydrogens (tertiary/aromatic N) is 2. The zero-order chi connectivity index (χ0) is 20.4. The van der Waals surface area contributed by atoms with Crippen molar-refractivity contribution in [2.45, 2.75) is 17.9 Å². The van der Waals surface area contributed by atoms with E-state index in [0.29, 0.717) is 16.9 Å². The number of anilines is 1. The second-order valence-corrected chi connectivity index (χ2v) is 8.22. The topological polar surface area (TPSA) is 110 Å². The number of pyridine rings is 2. The first kappa shape index (κ1) is 19.0. The highest BCUT2D eigenvalue weighted by molar-refractivity contribution is 7.89. The molecule has 2 aromatic heterocycles. The van der Waals surface area contributed by atoms with Crippen molar-refractivity contribution in [2.24, 2.45) is 0 Å². The Morgan fingerprint density at radius 1 is 1.14 bits per heavy atom. The first-order valence-corrected chi connectivity index (χ1v) is 10.3. The lowest BCUT2D eigenvalue weighted by Gasteiger charge is -2.14. The lowest BCUT2D eigenvalue weighted by Crippen LogP contribution is -2.29. The van der Waals surface area contributed by atoms with E-state index in [2.05, 4.69) is 20.0 Å². The first-order chi connectivity index (χ1) is 13.9. The third kappa shape index (κ3) is 4.10. The third-order valence-electron chi connectivity index (χ3n) is 4.39. The van der Waals surface area contributed by atoms with E-state index in [1.54, 1.807) is 12.1 Å². The number of carbonyl (C=O) groups is 1. The molecule has 0 spiro atoms. The maximum Gasteiger partial charge on any atom is 0.246 e. The average molecular weight is 410 g/mol. The lowest BCUT2D eigenvalue weighted by atomic mass is 10.1. The van der Waals surface area contributed by atoms with Crippen molar-refractivity contribution in [3.63, 3.8) is 0 Å². The van der Waals surface area contributed by atoms with Gasteiger partial charge < -0.3 is 10.1 Å². The summed E-state index contributed by atoms with van der Waals surface area (Å²) in [7, 11) is -3.86. The standard InChI is InChI=1S/C20H18N4O4S/c1-13(25)23-19-10-15(7-8-21-19)16-9-18-20(22-11-16)28-12-17(24-29(18,26)27)14-5-3-2-4-6-14/h2-11,17,24H,12H2,1H3,(H,21,23,25). The molecule has 3 heterocycles. The van der Waals surface area contributed by atoms with Crippen molar-refractivity contribution in [3.8, 4) is 17.0 Å². The van der Waals surface area contributed by atoms with Crippen LogP contribution in [0.1, 0.15) is 18.5 Å². The highest BCUT2D eigenvalue weighted by atomic mass is 32.2. The van der Waals surface area contributed by atoms with Crippen LogP contribution in [0.4, 0.5) is 5.82 Å². The van der Waals surface area contributed by atoms with Gasteiger partial charge in [-0.1, -0.05) is 30.3 Å². The van der Waals surface area contributed by atoms with Crippen molar-refractivity contribution < 1.29 is 17.9 Å². The molecule has 9 heteroatoms. The molecule has 1 aliphatic heterocycles. The summed E-state index contributed by atoms with van der Waals surface area (Å²) in [4.78, 5) is 19.5. The van der Waals surface area contributed by atoms with Crippen molar-refractivity contribution in [1.82, 2.24) is 14.7 Å². The summed E-state index contributed by atoms with van der Waals surface area (Å²) in [6.45, 7) is 1.52. The number of carbonyl (C=O) groups excluding carboxylic acids is 1. The Bertz CT molecular complexity index is 1170. The van der Waals surface area contributed by atoms with Gasteiger partial charge in [-0.05, 0) is 29.3 Å². The van der Waals surface area contributed by atoms with E-state index in [4.69, 9.17) is 4.74 Å². The number of hydrogen-bond donors (Lipinski definition) is 2. The number of sulfonamides is 1. The summed E-state index contributed by atoms with van der Waals surface area (Å²) in [6, 6.07) is 13.6. The van der Waals surface area contributed by atoms with Crippen molar-refractivity contribution in [3.05, 3.63) is 66.5 Å². The Kier molecular flexibility index (Phi) is 4.99. The SMILES string of the molecule is CC(=O)Nc1cc(-c2cnc3c(c2)S(=O)(=O)NC(c2ccccc2)CO3)ccn1. The Hall–Kier alpha value is -3.30. The van der Waals surface area contributed by atoms with Crippen LogP contribution in [-0.4, -0.2) is 30.9 Å². The molecule has 1 aromatic carbocycles. The molecule has 1 amide bonds. The second-order valence-electron chi connectivity index (χ2n) is 6.53. The van der Waals surface area contributed by atoms with Gasteiger partial charge in [0.25, 0.3) is 0 Å². The summed E-state index contributed by atoms with van der Waals surface area (Å²) >= 11 is 0. The van der Waals surface area contributed by atoms with Crippen LogP contribution < -0.4 is 14.8 Å². The fraction of sp³-hybridized carbons (Fsp3) is 0.150. The fourth-order valence-electron chi connectivity index (χ4n) is 3.05. The van der Waals surface area contributed by atoms with Crippen LogP contribution in [0.5, 0.6) is 5.88 Å². The minimum absolute atomic E-state index is 0.0358. The zero-order valence-corrected chi connectivity index (χ0v) is 16.3. The maximum atomic E-state index is 13.0.